The highest BCUT2D eigenvalue weighted by Crippen LogP contribution is 2.36. The third kappa shape index (κ3) is 4.85. The average Bonchev–Trinajstić information content (AvgIpc) is 2.68. The lowest BCUT2D eigenvalue weighted by molar-refractivity contribution is -0.136. The van der Waals surface area contributed by atoms with Crippen LogP contribution in [-0.4, -0.2) is 15.9 Å². The zero-order valence-electron chi connectivity index (χ0n) is 14.6. The van der Waals surface area contributed by atoms with E-state index in [0.717, 1.165) is 12.4 Å². The van der Waals surface area contributed by atoms with Crippen LogP contribution in [0.4, 0.5) is 36.2 Å². The summed E-state index contributed by atoms with van der Waals surface area (Å²) in [4.78, 5) is 19.9. The van der Waals surface area contributed by atoms with Crippen molar-refractivity contribution in [1.82, 2.24) is 15.4 Å². The Bertz CT molecular complexity index is 1030. The fourth-order valence-corrected chi connectivity index (χ4v) is 2.48. The molecule has 1 amide bonds. The van der Waals surface area contributed by atoms with Crippen molar-refractivity contribution >= 4 is 40.5 Å². The lowest BCUT2D eigenvalue weighted by Gasteiger charge is -2.16. The molecule has 0 spiro atoms. The number of halogens is 4. The third-order valence-corrected chi connectivity index (χ3v) is 4.02. The van der Waals surface area contributed by atoms with E-state index in [1.165, 1.54) is 30.3 Å². The van der Waals surface area contributed by atoms with E-state index in [9.17, 15) is 18.0 Å². The number of nitrogens with one attached hydrogen (secondary N) is 3. The minimum atomic E-state index is -4.56. The second kappa shape index (κ2) is 8.23. The number of para-hydroxylation sites is 1. The molecule has 0 aliphatic rings. The summed E-state index contributed by atoms with van der Waals surface area (Å²) in [7, 11) is 0. The first-order valence-electron chi connectivity index (χ1n) is 8.11. The standard InChI is InChI=1S/C18H14ClF3N6O/c19-11-7-5-10(6-8-11)17(29)28-27-16-14(23)15(24-9-25-16)26-13-4-2-1-3-12(13)18(20,21)22/h1-9H,23H2,(H,28,29)(H2,24,25,26,27). The minimum Gasteiger partial charge on any atom is -0.393 e. The summed E-state index contributed by atoms with van der Waals surface area (Å²) < 4.78 is 39.5. The number of hydrogen-bond acceptors (Lipinski definition) is 6. The van der Waals surface area contributed by atoms with Crippen LogP contribution in [0.5, 0.6) is 0 Å². The number of aromatic nitrogens is 2. The number of hydrogen-bond donors (Lipinski definition) is 4. The largest absolute Gasteiger partial charge is 0.418 e. The maximum absolute atomic E-state index is 13.2. The number of rotatable bonds is 5. The predicted molar refractivity (Wildman–Crippen MR) is 104 cm³/mol. The van der Waals surface area contributed by atoms with Gasteiger partial charge in [0.25, 0.3) is 5.91 Å². The van der Waals surface area contributed by atoms with E-state index in [2.05, 4.69) is 26.1 Å². The predicted octanol–water partition coefficient (Wildman–Crippen LogP) is 4.23. The molecule has 1 heterocycles. The van der Waals surface area contributed by atoms with Gasteiger partial charge < -0.3 is 11.1 Å². The number of nitrogens with zero attached hydrogens (tertiary/aromatic N) is 2. The van der Waals surface area contributed by atoms with Crippen LogP contribution in [0.3, 0.4) is 0 Å². The van der Waals surface area contributed by atoms with Gasteiger partial charge in [0.2, 0.25) is 0 Å². The zero-order chi connectivity index (χ0) is 21.0. The number of nitrogens with two attached hydrogens (primary N) is 1. The summed E-state index contributed by atoms with van der Waals surface area (Å²) in [5, 5.41) is 3.03. The van der Waals surface area contributed by atoms with Crippen LogP contribution < -0.4 is 21.9 Å². The summed E-state index contributed by atoms with van der Waals surface area (Å²) in [5.74, 6) is -0.536. The van der Waals surface area contributed by atoms with Gasteiger partial charge in [-0.3, -0.25) is 15.6 Å². The number of alkyl halides is 3. The van der Waals surface area contributed by atoms with E-state index in [1.807, 2.05) is 0 Å². The minimum absolute atomic E-state index is 0.00861. The van der Waals surface area contributed by atoms with E-state index in [-0.39, 0.29) is 23.0 Å². The Labute approximate surface area is 168 Å². The van der Waals surface area contributed by atoms with Crippen molar-refractivity contribution in [2.45, 2.75) is 6.18 Å². The number of amides is 1. The zero-order valence-corrected chi connectivity index (χ0v) is 15.3. The van der Waals surface area contributed by atoms with Crippen LogP contribution in [0, 0.1) is 0 Å². The van der Waals surface area contributed by atoms with Gasteiger partial charge in [-0.2, -0.15) is 13.2 Å². The quantitative estimate of drug-likeness (QED) is 0.459. The van der Waals surface area contributed by atoms with Crippen LogP contribution in [0.2, 0.25) is 5.02 Å². The van der Waals surface area contributed by atoms with E-state index < -0.39 is 17.6 Å². The van der Waals surface area contributed by atoms with Crippen molar-refractivity contribution in [2.75, 3.05) is 16.5 Å². The Hall–Kier alpha value is -3.53. The van der Waals surface area contributed by atoms with Gasteiger partial charge in [-0.25, -0.2) is 9.97 Å². The van der Waals surface area contributed by atoms with Gasteiger partial charge in [0.1, 0.15) is 12.0 Å². The molecule has 5 N–H and O–H groups in total. The maximum Gasteiger partial charge on any atom is 0.418 e. The molecule has 29 heavy (non-hydrogen) atoms. The van der Waals surface area contributed by atoms with E-state index in [1.54, 1.807) is 12.1 Å². The number of hydrazine groups is 1. The first kappa shape index (κ1) is 20.2. The molecule has 0 bridgehead atoms. The second-order valence-electron chi connectivity index (χ2n) is 5.74. The molecular formula is C18H14ClF3N6O. The lowest BCUT2D eigenvalue weighted by Crippen LogP contribution is -2.30. The van der Waals surface area contributed by atoms with Gasteiger partial charge in [-0.1, -0.05) is 23.7 Å². The highest BCUT2D eigenvalue weighted by atomic mass is 35.5. The molecule has 150 valence electrons. The van der Waals surface area contributed by atoms with Crippen LogP contribution >= 0.6 is 11.6 Å². The van der Waals surface area contributed by atoms with Gasteiger partial charge in [0, 0.05) is 10.6 Å². The fraction of sp³-hybridized carbons (Fsp3) is 0.0556. The Morgan fingerprint density at radius 3 is 2.34 bits per heavy atom. The monoisotopic (exact) mass is 422 g/mol. The van der Waals surface area contributed by atoms with Crippen molar-refractivity contribution in [3.63, 3.8) is 0 Å². The molecule has 2 aromatic carbocycles. The maximum atomic E-state index is 13.2. The SMILES string of the molecule is Nc1c(NNC(=O)c2ccc(Cl)cc2)ncnc1Nc1ccccc1C(F)(F)F. The fourth-order valence-electron chi connectivity index (χ4n) is 2.35. The van der Waals surface area contributed by atoms with Crippen molar-refractivity contribution in [3.05, 3.63) is 71.0 Å². The number of nitrogen functional groups attached to an aromatic ring is 1. The van der Waals surface area contributed by atoms with Crippen molar-refractivity contribution in [2.24, 2.45) is 0 Å². The molecule has 0 aliphatic carbocycles. The Morgan fingerprint density at radius 2 is 1.66 bits per heavy atom. The van der Waals surface area contributed by atoms with Gasteiger partial charge in [-0.15, -0.1) is 0 Å². The van der Waals surface area contributed by atoms with Gasteiger partial charge in [0.05, 0.1) is 11.3 Å². The molecule has 0 atom stereocenters. The number of carbonyl (C=O) groups is 1. The van der Waals surface area contributed by atoms with Crippen LogP contribution in [0.25, 0.3) is 0 Å². The summed E-state index contributed by atoms with van der Waals surface area (Å²) in [6.45, 7) is 0. The highest BCUT2D eigenvalue weighted by Gasteiger charge is 2.33. The summed E-state index contributed by atoms with van der Waals surface area (Å²) >= 11 is 5.78. The number of carbonyl (C=O) groups excluding carboxylic acids is 1. The normalized spacial score (nSPS) is 11.0. The van der Waals surface area contributed by atoms with Gasteiger partial charge in [-0.05, 0) is 36.4 Å². The second-order valence-corrected chi connectivity index (χ2v) is 6.18. The van der Waals surface area contributed by atoms with Crippen molar-refractivity contribution < 1.29 is 18.0 Å². The molecule has 0 radical (unpaired) electrons. The first-order chi connectivity index (χ1) is 13.8. The molecule has 1 aromatic heterocycles. The van der Waals surface area contributed by atoms with Crippen LogP contribution in [0.1, 0.15) is 15.9 Å². The van der Waals surface area contributed by atoms with Crippen LogP contribution in [0.15, 0.2) is 54.9 Å². The molecule has 0 saturated carbocycles. The molecule has 0 aliphatic heterocycles. The third-order valence-electron chi connectivity index (χ3n) is 3.77. The lowest BCUT2D eigenvalue weighted by atomic mass is 10.1. The molecule has 11 heteroatoms. The van der Waals surface area contributed by atoms with E-state index in [0.29, 0.717) is 10.6 Å². The first-order valence-corrected chi connectivity index (χ1v) is 8.49. The number of anilines is 4. The molecule has 3 aromatic rings. The Balaban J connectivity index is 1.77. The van der Waals surface area contributed by atoms with E-state index >= 15 is 0 Å². The summed E-state index contributed by atoms with van der Waals surface area (Å²) in [6, 6.07) is 11.0. The molecular weight excluding hydrogens is 409 g/mol. The van der Waals surface area contributed by atoms with Gasteiger partial charge >= 0.3 is 6.18 Å². The van der Waals surface area contributed by atoms with Crippen molar-refractivity contribution in [1.29, 1.82) is 0 Å². The van der Waals surface area contributed by atoms with Gasteiger partial charge in [0.15, 0.2) is 11.6 Å². The van der Waals surface area contributed by atoms with Crippen molar-refractivity contribution in [3.8, 4) is 0 Å². The summed E-state index contributed by atoms with van der Waals surface area (Å²) in [5.41, 5.74) is 10.0. The highest BCUT2D eigenvalue weighted by molar-refractivity contribution is 6.30. The summed E-state index contributed by atoms with van der Waals surface area (Å²) in [6.07, 6.45) is -3.47. The van der Waals surface area contributed by atoms with E-state index in [4.69, 9.17) is 17.3 Å². The topological polar surface area (TPSA) is 105 Å². The molecule has 0 fully saturated rings. The molecule has 3 rings (SSSR count). The number of benzene rings is 2. The van der Waals surface area contributed by atoms with Crippen LogP contribution in [-0.2, 0) is 6.18 Å². The molecule has 7 nitrogen and oxygen atoms in total. The molecule has 0 saturated heterocycles. The Kier molecular flexibility index (Phi) is 5.74. The molecule has 0 unspecified atom stereocenters. The smallest absolute Gasteiger partial charge is 0.393 e. The Morgan fingerprint density at radius 1 is 1.00 bits per heavy atom. The average molecular weight is 423 g/mol.